The molecule has 0 saturated carbocycles. The average molecular weight is 453 g/mol. The molecule has 0 spiro atoms. The van der Waals surface area contributed by atoms with Gasteiger partial charge >= 0.3 is 0 Å². The molecule has 0 nitrogen and oxygen atoms in total. The van der Waals surface area contributed by atoms with Crippen LogP contribution in [0.2, 0.25) is 0 Å². The van der Waals surface area contributed by atoms with Gasteiger partial charge in [0.25, 0.3) is 0 Å². The van der Waals surface area contributed by atoms with Crippen molar-refractivity contribution in [3.05, 3.63) is 133 Å². The monoisotopic (exact) mass is 452 g/mol. The third kappa shape index (κ3) is 2.93. The lowest BCUT2D eigenvalue weighted by Crippen LogP contribution is -1.91. The Hall–Kier alpha value is -4.42. The molecule has 0 aliphatic rings. The van der Waals surface area contributed by atoms with Crippen molar-refractivity contribution in [2.24, 2.45) is 0 Å². The molecule has 158 valence electrons. The van der Waals surface area contributed by atoms with Crippen LogP contribution in [0.4, 0.5) is 0 Å². The van der Waals surface area contributed by atoms with E-state index in [4.69, 9.17) is 27.4 Å². The SMILES string of the molecule is [2H]c1c([2H])c([2H])c2c([2H])c(-c3c4c([2H])c([2H])c([2H])c([2H])c4c(-c4c([2H])c([2H])c5c([2H])c([2H])c([2H])c([2H])c5c4[2H])c4c([2H])c([2H])c([2H])c([2H])c34)c([2H])c([2H])c2c1[2H]. The maximum Gasteiger partial charge on any atom is 0.0636 e. The molecule has 0 atom stereocenters. The quantitative estimate of drug-likeness (QED) is 0.229. The van der Waals surface area contributed by atoms with Crippen LogP contribution < -0.4 is 0 Å². The van der Waals surface area contributed by atoms with Crippen LogP contribution in [0, 0.1) is 0 Å². The maximum atomic E-state index is 9.30. The van der Waals surface area contributed by atoms with E-state index in [1.165, 1.54) is 0 Å². The summed E-state index contributed by atoms with van der Waals surface area (Å²) in [4.78, 5) is 0. The molecule has 7 aromatic rings. The summed E-state index contributed by atoms with van der Waals surface area (Å²) in [7, 11) is 0. The summed E-state index contributed by atoms with van der Waals surface area (Å²) in [5.41, 5.74) is -2.64. The summed E-state index contributed by atoms with van der Waals surface area (Å²) in [5, 5.41) is -4.71. The van der Waals surface area contributed by atoms with Crippen molar-refractivity contribution in [1.29, 1.82) is 0 Å². The molecule has 0 radical (unpaired) electrons. The number of benzene rings is 7. The largest absolute Gasteiger partial charge is 0.0636 e. The van der Waals surface area contributed by atoms with Crippen LogP contribution in [-0.2, 0) is 0 Å². The van der Waals surface area contributed by atoms with E-state index in [-0.39, 0.29) is 0 Å². The highest BCUT2D eigenvalue weighted by atomic mass is 14.2. The van der Waals surface area contributed by atoms with Gasteiger partial charge in [-0.2, -0.15) is 0 Å². The molecule has 0 aromatic heterocycles. The van der Waals surface area contributed by atoms with E-state index in [2.05, 4.69) is 0 Å². The van der Waals surface area contributed by atoms with Crippen molar-refractivity contribution < 1.29 is 30.2 Å². The van der Waals surface area contributed by atoms with Crippen LogP contribution in [0.1, 0.15) is 30.2 Å². The van der Waals surface area contributed by atoms with E-state index in [0.29, 0.717) is 0 Å². The molecule has 0 unspecified atom stereocenters. The van der Waals surface area contributed by atoms with E-state index in [0.717, 1.165) is 0 Å². The van der Waals surface area contributed by atoms with Crippen molar-refractivity contribution in [2.75, 3.05) is 0 Å². The van der Waals surface area contributed by atoms with Gasteiger partial charge in [-0.25, -0.2) is 0 Å². The summed E-state index contributed by atoms with van der Waals surface area (Å²) in [6.07, 6.45) is 0. The van der Waals surface area contributed by atoms with Gasteiger partial charge in [0.2, 0.25) is 0 Å². The van der Waals surface area contributed by atoms with Gasteiger partial charge in [-0.3, -0.25) is 0 Å². The Balaban J connectivity index is 1.92. The minimum atomic E-state index is -0.909. The fourth-order valence-electron chi connectivity index (χ4n) is 3.94. The molecular formula is C34H22. The average Bonchev–Trinajstić information content (AvgIpc) is 3.16. The second-order valence-electron chi connectivity index (χ2n) is 7.25. The number of fused-ring (bicyclic) bond motifs is 4. The standard InChI is InChI=1S/C34H22/c1-3-11-25-21-27(19-17-23(25)9-1)33-29-13-5-7-15-31(29)34(32-16-8-6-14-30(32)33)28-20-18-24-10-2-4-12-26(24)22-28/h1-22H/i1D,2D,3D,4D,5D,6D,7D,8D,9D,10D,11D,12D,13D,14D,15D,16D,17D,18D,19D,20D,21D,22D. The molecule has 0 amide bonds. The zero-order chi connectivity index (χ0) is 41.6. The second kappa shape index (κ2) is 7.57. The summed E-state index contributed by atoms with van der Waals surface area (Å²) in [5.74, 6) is 0. The molecule has 0 aliphatic carbocycles. The van der Waals surface area contributed by atoms with Gasteiger partial charge in [-0.05, 0) is 77.4 Å². The molecular weight excluding hydrogens is 408 g/mol. The van der Waals surface area contributed by atoms with Crippen LogP contribution in [0.3, 0.4) is 0 Å². The third-order valence-corrected chi connectivity index (χ3v) is 5.38. The molecule has 7 aromatic carbocycles. The van der Waals surface area contributed by atoms with Crippen molar-refractivity contribution >= 4 is 43.1 Å². The number of hydrogen-bond donors (Lipinski definition) is 0. The van der Waals surface area contributed by atoms with E-state index in [9.17, 15) is 2.74 Å². The highest BCUT2D eigenvalue weighted by Crippen LogP contribution is 2.44. The fraction of sp³-hybridized carbons (Fsp3) is 0. The van der Waals surface area contributed by atoms with Crippen molar-refractivity contribution in [2.45, 2.75) is 0 Å². The number of rotatable bonds is 2. The van der Waals surface area contributed by atoms with Crippen LogP contribution in [0.15, 0.2) is 133 Å². The predicted octanol–water partition coefficient (Wildman–Crippen LogP) is 9.63. The molecule has 0 bridgehead atoms. The zero-order valence-electron chi connectivity index (χ0n) is 39.0. The van der Waals surface area contributed by atoms with Crippen molar-refractivity contribution in [3.63, 3.8) is 0 Å². The van der Waals surface area contributed by atoms with Crippen LogP contribution in [0.25, 0.3) is 65.3 Å². The first-order valence-electron chi connectivity index (χ1n) is 21.0. The minimum Gasteiger partial charge on any atom is -0.0616 e. The lowest BCUT2D eigenvalue weighted by molar-refractivity contribution is 1.68. The van der Waals surface area contributed by atoms with Gasteiger partial charge in [0.05, 0.1) is 30.2 Å². The first kappa shape index (κ1) is 7.29. The summed E-state index contributed by atoms with van der Waals surface area (Å²) in [6, 6.07) is -18.7. The zero-order valence-corrected chi connectivity index (χ0v) is 17.0. The van der Waals surface area contributed by atoms with Crippen molar-refractivity contribution in [1.82, 2.24) is 0 Å². The molecule has 0 heteroatoms. The molecule has 7 rings (SSSR count). The van der Waals surface area contributed by atoms with Gasteiger partial charge in [0, 0.05) is 0 Å². The Kier molecular flexibility index (Phi) is 1.62. The van der Waals surface area contributed by atoms with Crippen molar-refractivity contribution in [3.8, 4) is 22.3 Å². The number of hydrogen-bond acceptors (Lipinski definition) is 0. The molecule has 0 heterocycles. The fourth-order valence-corrected chi connectivity index (χ4v) is 3.94. The van der Waals surface area contributed by atoms with Gasteiger partial charge in [0.15, 0.2) is 0 Å². The summed E-state index contributed by atoms with van der Waals surface area (Å²) in [6.45, 7) is 0. The highest BCUT2D eigenvalue weighted by Gasteiger charge is 2.16. The molecule has 0 fully saturated rings. The molecule has 0 N–H and O–H groups in total. The van der Waals surface area contributed by atoms with Gasteiger partial charge < -0.3 is 0 Å². The topological polar surface area (TPSA) is 0 Å². The van der Waals surface area contributed by atoms with Crippen LogP contribution in [-0.4, -0.2) is 0 Å². The lowest BCUT2D eigenvalue weighted by Gasteiger charge is -2.18. The van der Waals surface area contributed by atoms with Crippen LogP contribution >= 0.6 is 0 Å². The molecule has 34 heavy (non-hydrogen) atoms. The lowest BCUT2D eigenvalue weighted by atomic mass is 9.85. The summed E-state index contributed by atoms with van der Waals surface area (Å²) >= 11 is 0. The van der Waals surface area contributed by atoms with E-state index < -0.39 is 198 Å². The van der Waals surface area contributed by atoms with E-state index >= 15 is 0 Å². The second-order valence-corrected chi connectivity index (χ2v) is 7.25. The molecule has 0 saturated heterocycles. The predicted molar refractivity (Wildman–Crippen MR) is 147 cm³/mol. The Morgan fingerprint density at radius 3 is 1.03 bits per heavy atom. The Morgan fingerprint density at radius 2 is 0.647 bits per heavy atom. The Labute approximate surface area is 229 Å². The Morgan fingerprint density at radius 1 is 0.324 bits per heavy atom. The van der Waals surface area contributed by atoms with Crippen LogP contribution in [0.5, 0.6) is 0 Å². The normalized spacial score (nSPS) is 20.6. The Bertz CT molecular complexity index is 2760. The van der Waals surface area contributed by atoms with E-state index in [1.807, 2.05) is 0 Å². The van der Waals surface area contributed by atoms with Gasteiger partial charge in [0.1, 0.15) is 0 Å². The first-order chi connectivity index (χ1) is 26.0. The maximum absolute atomic E-state index is 9.30. The highest BCUT2D eigenvalue weighted by molar-refractivity contribution is 6.22. The smallest absolute Gasteiger partial charge is 0.0616 e. The first-order valence-corrected chi connectivity index (χ1v) is 10.0. The minimum absolute atomic E-state index is 0.523. The van der Waals surface area contributed by atoms with E-state index in [1.54, 1.807) is 0 Å². The van der Waals surface area contributed by atoms with Gasteiger partial charge in [-0.1, -0.05) is 121 Å². The van der Waals surface area contributed by atoms with Gasteiger partial charge in [-0.15, -0.1) is 0 Å². The third-order valence-electron chi connectivity index (χ3n) is 5.38. The summed E-state index contributed by atoms with van der Waals surface area (Å²) < 4.78 is 193. The molecule has 0 aliphatic heterocycles.